The van der Waals surface area contributed by atoms with Gasteiger partial charge in [-0.3, -0.25) is 24.0 Å². The van der Waals surface area contributed by atoms with Crippen LogP contribution in [0.4, 0.5) is 22.9 Å². The highest BCUT2D eigenvalue weighted by Gasteiger charge is 2.39. The zero-order valence-electron chi connectivity index (χ0n) is 29.5. The third-order valence-electron chi connectivity index (χ3n) is 10.9. The summed E-state index contributed by atoms with van der Waals surface area (Å²) in [6, 6.07) is 8.22. The van der Waals surface area contributed by atoms with Crippen molar-refractivity contribution in [2.24, 2.45) is 5.92 Å². The maximum absolute atomic E-state index is 13.3. The Morgan fingerprint density at radius 2 is 1.81 bits per heavy atom. The highest BCUT2D eigenvalue weighted by atomic mass is 16.4. The molecule has 0 radical (unpaired) electrons. The molecule has 15 heteroatoms. The summed E-state index contributed by atoms with van der Waals surface area (Å²) in [6.07, 6.45) is 10.1. The van der Waals surface area contributed by atoms with Crippen LogP contribution in [0.25, 0.3) is 11.1 Å². The summed E-state index contributed by atoms with van der Waals surface area (Å²) in [4.78, 5) is 49.5. The second-order valence-corrected chi connectivity index (χ2v) is 14.7. The molecule has 5 aliphatic rings. The maximum Gasteiger partial charge on any atom is 0.309 e. The fourth-order valence-corrected chi connectivity index (χ4v) is 7.76. The van der Waals surface area contributed by atoms with Crippen LogP contribution in [0, 0.1) is 5.92 Å². The molecule has 15 nitrogen and oxygen atoms in total. The van der Waals surface area contributed by atoms with Crippen molar-refractivity contribution in [1.29, 1.82) is 0 Å². The van der Waals surface area contributed by atoms with E-state index in [1.165, 1.54) is 5.69 Å². The van der Waals surface area contributed by atoms with Crippen molar-refractivity contribution in [3.05, 3.63) is 59.7 Å². The summed E-state index contributed by atoms with van der Waals surface area (Å²) in [5, 5.41) is 22.8. The van der Waals surface area contributed by atoms with E-state index in [9.17, 15) is 14.4 Å². The molecule has 2 aliphatic carbocycles. The fourth-order valence-electron chi connectivity index (χ4n) is 7.76. The summed E-state index contributed by atoms with van der Waals surface area (Å²) in [6.45, 7) is 5.95. The second kappa shape index (κ2) is 13.0. The zero-order valence-corrected chi connectivity index (χ0v) is 29.5. The largest absolute Gasteiger partial charge is 0.441 e. The number of para-hydroxylation sites is 1. The molecule has 3 N–H and O–H groups in total. The van der Waals surface area contributed by atoms with Gasteiger partial charge in [0.15, 0.2) is 11.5 Å². The minimum Gasteiger partial charge on any atom is -0.441 e. The zero-order chi connectivity index (χ0) is 35.5. The molecule has 4 aromatic rings. The molecular formula is C37H43N11O4. The van der Waals surface area contributed by atoms with Crippen LogP contribution in [0.2, 0.25) is 0 Å². The highest BCUT2D eigenvalue weighted by molar-refractivity contribution is 6.01. The third-order valence-corrected chi connectivity index (χ3v) is 10.9. The molecule has 0 unspecified atom stereocenters. The average Bonchev–Trinajstić information content (AvgIpc) is 3.97. The molecule has 2 saturated carbocycles. The molecule has 0 spiro atoms. The molecule has 1 atom stereocenters. The van der Waals surface area contributed by atoms with Crippen molar-refractivity contribution in [2.75, 3.05) is 48.8 Å². The molecule has 6 heterocycles. The lowest BCUT2D eigenvalue weighted by atomic mass is 9.91. The minimum absolute atomic E-state index is 0.00744. The SMILES string of the molecule is CC[C@@H]1c2c(cnn2C2CN(Cc3coc(C(=O)N4CCCC4)n3)C2)-c2cccc(Nc3cc(NC(=O)C4CC4)nnc3C(=O)NC3CC3)c2N1C. The van der Waals surface area contributed by atoms with E-state index in [0.717, 1.165) is 99.3 Å². The molecule has 3 amide bonds. The van der Waals surface area contributed by atoms with E-state index >= 15 is 0 Å². The van der Waals surface area contributed by atoms with E-state index in [-0.39, 0.29) is 53.3 Å². The van der Waals surface area contributed by atoms with Gasteiger partial charge in [0.25, 0.3) is 11.8 Å². The summed E-state index contributed by atoms with van der Waals surface area (Å²) >= 11 is 0. The quantitative estimate of drug-likeness (QED) is 0.201. The van der Waals surface area contributed by atoms with Gasteiger partial charge in [-0.1, -0.05) is 19.1 Å². The van der Waals surface area contributed by atoms with E-state index in [0.29, 0.717) is 18.1 Å². The lowest BCUT2D eigenvalue weighted by Gasteiger charge is -2.42. The normalized spacial score (nSPS) is 19.9. The standard InChI is InChI=1S/C37H43N11O4/c1-3-29-33-26(16-38-48(33)24-18-46(19-24)17-23-20-52-36(40-23)37(51)47-13-4-5-14-47)25-7-6-8-27(32(25)45(29)2)41-28-15-30(42-34(49)21-9-10-21)43-44-31(28)35(50)39-22-11-12-22/h6-8,15-16,20-22,24,29H,3-5,9-14,17-19H2,1-2H3,(H,39,50)(H2,41,42,43,49)/t29-/m1/s1. The fraction of sp³-hybridized carbons (Fsp3) is 0.486. The first-order chi connectivity index (χ1) is 25.3. The van der Waals surface area contributed by atoms with E-state index in [4.69, 9.17) is 9.52 Å². The van der Waals surface area contributed by atoms with Gasteiger partial charge in [-0.15, -0.1) is 10.2 Å². The number of fused-ring (bicyclic) bond motifs is 3. The minimum atomic E-state index is -0.292. The van der Waals surface area contributed by atoms with E-state index < -0.39 is 0 Å². The number of aromatic nitrogens is 5. The summed E-state index contributed by atoms with van der Waals surface area (Å²) in [5.74, 6) is 0.00221. The summed E-state index contributed by atoms with van der Waals surface area (Å²) in [7, 11) is 2.10. The van der Waals surface area contributed by atoms with Gasteiger partial charge < -0.3 is 30.2 Å². The predicted octanol–water partition coefficient (Wildman–Crippen LogP) is 4.51. The van der Waals surface area contributed by atoms with E-state index in [2.05, 4.69) is 65.7 Å². The maximum atomic E-state index is 13.3. The van der Waals surface area contributed by atoms with Gasteiger partial charge in [-0.25, -0.2) is 4.98 Å². The molecule has 3 aliphatic heterocycles. The van der Waals surface area contributed by atoms with Gasteiger partial charge in [0.05, 0.1) is 46.7 Å². The topological polar surface area (TPSA) is 167 Å². The van der Waals surface area contributed by atoms with Crippen LogP contribution in [0.15, 0.2) is 41.1 Å². The van der Waals surface area contributed by atoms with Crippen molar-refractivity contribution >= 4 is 40.6 Å². The van der Waals surface area contributed by atoms with Crippen LogP contribution in [0.3, 0.4) is 0 Å². The number of oxazole rings is 1. The number of carbonyl (C=O) groups is 3. The molecule has 2 saturated heterocycles. The van der Waals surface area contributed by atoms with Gasteiger partial charge >= 0.3 is 5.91 Å². The van der Waals surface area contributed by atoms with Crippen LogP contribution >= 0.6 is 0 Å². The number of anilines is 4. The lowest BCUT2D eigenvalue weighted by molar-refractivity contribution is -0.117. The van der Waals surface area contributed by atoms with Crippen LogP contribution in [0.5, 0.6) is 0 Å². The first-order valence-corrected chi connectivity index (χ1v) is 18.5. The van der Waals surface area contributed by atoms with Gasteiger partial charge in [0.2, 0.25) is 5.91 Å². The second-order valence-electron chi connectivity index (χ2n) is 14.7. The van der Waals surface area contributed by atoms with Crippen molar-refractivity contribution in [2.45, 2.75) is 76.5 Å². The monoisotopic (exact) mass is 705 g/mol. The number of hydrogen-bond acceptors (Lipinski definition) is 11. The number of benzene rings is 1. The lowest BCUT2D eigenvalue weighted by Crippen LogP contribution is -2.48. The van der Waals surface area contributed by atoms with Crippen LogP contribution < -0.4 is 20.9 Å². The van der Waals surface area contributed by atoms with Gasteiger partial charge in [0.1, 0.15) is 6.26 Å². The molecule has 0 bridgehead atoms. The Balaban J connectivity index is 0.956. The Labute approximate surface area is 301 Å². The van der Waals surface area contributed by atoms with Crippen molar-refractivity contribution < 1.29 is 18.8 Å². The number of carbonyl (C=O) groups excluding carboxylic acids is 3. The van der Waals surface area contributed by atoms with Crippen molar-refractivity contribution in [3.63, 3.8) is 0 Å². The van der Waals surface area contributed by atoms with E-state index in [1.807, 2.05) is 23.2 Å². The molecule has 3 aromatic heterocycles. The van der Waals surface area contributed by atoms with Gasteiger partial charge in [-0.2, -0.15) is 5.10 Å². The number of amides is 3. The van der Waals surface area contributed by atoms with Gasteiger partial charge in [-0.05, 0) is 51.0 Å². The number of hydrogen-bond donors (Lipinski definition) is 3. The molecule has 4 fully saturated rings. The summed E-state index contributed by atoms with van der Waals surface area (Å²) in [5.41, 5.74) is 6.54. The predicted molar refractivity (Wildman–Crippen MR) is 192 cm³/mol. The summed E-state index contributed by atoms with van der Waals surface area (Å²) < 4.78 is 7.76. The molecular weight excluding hydrogens is 662 g/mol. The molecule has 9 rings (SSSR count). The van der Waals surface area contributed by atoms with Crippen LogP contribution in [-0.4, -0.2) is 91.8 Å². The first-order valence-electron chi connectivity index (χ1n) is 18.5. The molecule has 1 aromatic carbocycles. The van der Waals surface area contributed by atoms with E-state index in [1.54, 1.807) is 12.3 Å². The number of rotatable bonds is 11. The van der Waals surface area contributed by atoms with Crippen LogP contribution in [-0.2, 0) is 11.3 Å². The first kappa shape index (κ1) is 32.6. The Bertz CT molecular complexity index is 2040. The average molecular weight is 706 g/mol. The number of likely N-dealkylation sites (tertiary alicyclic amines) is 2. The Hall–Kier alpha value is -5.31. The smallest absolute Gasteiger partial charge is 0.309 e. The van der Waals surface area contributed by atoms with Crippen LogP contribution in [0.1, 0.15) is 96.5 Å². The Morgan fingerprint density at radius 1 is 1.00 bits per heavy atom. The Kier molecular flexibility index (Phi) is 8.16. The molecule has 270 valence electrons. The highest BCUT2D eigenvalue weighted by Crippen LogP contribution is 2.50. The van der Waals surface area contributed by atoms with Gasteiger partial charge in [0, 0.05) is 68.9 Å². The third kappa shape index (κ3) is 6.06. The van der Waals surface area contributed by atoms with Crippen molar-refractivity contribution in [1.82, 2.24) is 40.1 Å². The number of nitrogens with zero attached hydrogens (tertiary/aromatic N) is 8. The Morgan fingerprint density at radius 3 is 2.56 bits per heavy atom. The molecule has 52 heavy (non-hydrogen) atoms. The number of nitrogens with one attached hydrogen (secondary N) is 3. The van der Waals surface area contributed by atoms with Crippen molar-refractivity contribution in [3.8, 4) is 11.1 Å².